The molecule has 3 N–H and O–H groups in total. The first-order valence-corrected chi connectivity index (χ1v) is 12.2. The Morgan fingerprint density at radius 2 is 1.91 bits per heavy atom. The Bertz CT molecular complexity index is 1080. The molecule has 0 saturated heterocycles. The van der Waals surface area contributed by atoms with Crippen LogP contribution < -0.4 is 20.5 Å². The van der Waals surface area contributed by atoms with Crippen LogP contribution in [0.2, 0.25) is 0 Å². The van der Waals surface area contributed by atoms with Crippen molar-refractivity contribution in [3.8, 4) is 11.5 Å². The smallest absolute Gasteiger partial charge is 0.331 e. The molecular formula is C25H30N2O6S. The molecule has 1 aromatic carbocycles. The van der Waals surface area contributed by atoms with Crippen molar-refractivity contribution in [1.82, 2.24) is 0 Å². The molecule has 1 aromatic heterocycles. The van der Waals surface area contributed by atoms with E-state index in [4.69, 9.17) is 19.9 Å². The van der Waals surface area contributed by atoms with Crippen molar-refractivity contribution in [2.45, 2.75) is 46.0 Å². The third-order valence-corrected chi connectivity index (χ3v) is 6.36. The first-order chi connectivity index (χ1) is 16.4. The SMILES string of the molecule is CCCOc1ccc(/C=C/C(=O)OCC(=O)Nc2sc3c(c2C(N)=O)CCCC3)cc1OCC. The second-order valence-corrected chi connectivity index (χ2v) is 8.86. The second-order valence-electron chi connectivity index (χ2n) is 7.76. The average molecular weight is 487 g/mol. The molecule has 0 saturated carbocycles. The van der Waals surface area contributed by atoms with Crippen molar-refractivity contribution in [2.24, 2.45) is 5.73 Å². The van der Waals surface area contributed by atoms with E-state index in [1.54, 1.807) is 24.3 Å². The summed E-state index contributed by atoms with van der Waals surface area (Å²) in [5.74, 6) is -0.522. The van der Waals surface area contributed by atoms with Gasteiger partial charge in [-0.2, -0.15) is 0 Å². The molecule has 1 aliphatic rings. The van der Waals surface area contributed by atoms with Gasteiger partial charge in [0.15, 0.2) is 18.1 Å². The summed E-state index contributed by atoms with van der Waals surface area (Å²) in [5.41, 5.74) is 7.57. The summed E-state index contributed by atoms with van der Waals surface area (Å²) >= 11 is 1.36. The van der Waals surface area contributed by atoms with Crippen molar-refractivity contribution < 1.29 is 28.6 Å². The number of primary amides is 1. The topological polar surface area (TPSA) is 117 Å². The molecule has 1 aliphatic carbocycles. The quantitative estimate of drug-likeness (QED) is 0.365. The van der Waals surface area contributed by atoms with Gasteiger partial charge in [-0.15, -0.1) is 11.3 Å². The van der Waals surface area contributed by atoms with Crippen LogP contribution in [-0.4, -0.2) is 37.6 Å². The molecule has 0 spiro atoms. The van der Waals surface area contributed by atoms with Crippen LogP contribution in [0.1, 0.15) is 59.5 Å². The summed E-state index contributed by atoms with van der Waals surface area (Å²) in [6, 6.07) is 5.36. The minimum Gasteiger partial charge on any atom is -0.490 e. The number of esters is 1. The maximum absolute atomic E-state index is 12.3. The van der Waals surface area contributed by atoms with Crippen LogP contribution in [0.5, 0.6) is 11.5 Å². The number of nitrogens with one attached hydrogen (secondary N) is 1. The van der Waals surface area contributed by atoms with Crippen LogP contribution in [0.15, 0.2) is 24.3 Å². The first-order valence-electron chi connectivity index (χ1n) is 11.4. The fraction of sp³-hybridized carbons (Fsp3) is 0.400. The number of rotatable bonds is 11. The molecule has 0 aliphatic heterocycles. The number of aryl methyl sites for hydroxylation is 1. The number of nitrogens with two attached hydrogens (primary N) is 1. The van der Waals surface area contributed by atoms with Crippen LogP contribution in [0.25, 0.3) is 6.08 Å². The number of hydrogen-bond donors (Lipinski definition) is 2. The lowest BCUT2D eigenvalue weighted by Crippen LogP contribution is -2.22. The summed E-state index contributed by atoms with van der Waals surface area (Å²) in [6.45, 7) is 4.49. The Labute approximate surface area is 203 Å². The predicted molar refractivity (Wildman–Crippen MR) is 131 cm³/mol. The third kappa shape index (κ3) is 6.60. The van der Waals surface area contributed by atoms with E-state index < -0.39 is 24.4 Å². The molecule has 0 bridgehead atoms. The molecule has 34 heavy (non-hydrogen) atoms. The van der Waals surface area contributed by atoms with E-state index in [9.17, 15) is 14.4 Å². The van der Waals surface area contributed by atoms with E-state index in [1.165, 1.54) is 17.4 Å². The van der Waals surface area contributed by atoms with Gasteiger partial charge < -0.3 is 25.3 Å². The van der Waals surface area contributed by atoms with Crippen LogP contribution in [0, 0.1) is 0 Å². The Morgan fingerprint density at radius 3 is 2.65 bits per heavy atom. The Morgan fingerprint density at radius 1 is 1.12 bits per heavy atom. The summed E-state index contributed by atoms with van der Waals surface area (Å²) in [7, 11) is 0. The molecule has 1 heterocycles. The fourth-order valence-corrected chi connectivity index (χ4v) is 4.97. The average Bonchev–Trinajstić information content (AvgIpc) is 3.19. The summed E-state index contributed by atoms with van der Waals surface area (Å²) in [4.78, 5) is 37.4. The number of thiophene rings is 1. The molecule has 2 aromatic rings. The molecule has 0 radical (unpaired) electrons. The van der Waals surface area contributed by atoms with E-state index in [2.05, 4.69) is 5.32 Å². The molecule has 0 unspecified atom stereocenters. The largest absolute Gasteiger partial charge is 0.490 e. The minimum absolute atomic E-state index is 0.371. The number of ether oxygens (including phenoxy) is 3. The molecule has 8 nitrogen and oxygen atoms in total. The highest BCUT2D eigenvalue weighted by Crippen LogP contribution is 2.37. The number of fused-ring (bicyclic) bond motifs is 1. The summed E-state index contributed by atoms with van der Waals surface area (Å²) in [5, 5.41) is 3.09. The van der Waals surface area contributed by atoms with Crippen LogP contribution in [-0.2, 0) is 27.2 Å². The van der Waals surface area contributed by atoms with E-state index >= 15 is 0 Å². The Kier molecular flexibility index (Phi) is 9.09. The van der Waals surface area contributed by atoms with Crippen molar-refractivity contribution in [2.75, 3.05) is 25.1 Å². The molecular weight excluding hydrogens is 456 g/mol. The number of carbonyl (C=O) groups excluding carboxylic acids is 3. The first kappa shape index (κ1) is 25.3. The fourth-order valence-electron chi connectivity index (χ4n) is 3.65. The maximum Gasteiger partial charge on any atom is 0.331 e. The lowest BCUT2D eigenvalue weighted by atomic mass is 9.95. The molecule has 0 atom stereocenters. The number of benzene rings is 1. The van der Waals surface area contributed by atoms with Crippen molar-refractivity contribution in [1.29, 1.82) is 0 Å². The minimum atomic E-state index is -0.667. The molecule has 2 amide bonds. The zero-order chi connectivity index (χ0) is 24.5. The van der Waals surface area contributed by atoms with Crippen LogP contribution in [0.3, 0.4) is 0 Å². The van der Waals surface area contributed by atoms with Gasteiger partial charge in [0.05, 0.1) is 18.8 Å². The second kappa shape index (κ2) is 12.2. The highest BCUT2D eigenvalue weighted by Gasteiger charge is 2.25. The van der Waals surface area contributed by atoms with Gasteiger partial charge in [-0.3, -0.25) is 9.59 Å². The van der Waals surface area contributed by atoms with Crippen molar-refractivity contribution in [3.05, 3.63) is 45.8 Å². The lowest BCUT2D eigenvalue weighted by molar-refractivity contribution is -0.142. The van der Waals surface area contributed by atoms with E-state index in [0.29, 0.717) is 35.3 Å². The molecule has 3 rings (SSSR count). The molecule has 9 heteroatoms. The van der Waals surface area contributed by atoms with Gasteiger partial charge in [0.25, 0.3) is 11.8 Å². The van der Waals surface area contributed by atoms with Gasteiger partial charge in [0.1, 0.15) is 5.00 Å². The number of anilines is 1. The molecule has 182 valence electrons. The number of amides is 2. The van der Waals surface area contributed by atoms with Crippen molar-refractivity contribution in [3.63, 3.8) is 0 Å². The van der Waals surface area contributed by atoms with Crippen LogP contribution in [0.4, 0.5) is 5.00 Å². The Balaban J connectivity index is 1.57. The van der Waals surface area contributed by atoms with E-state index in [0.717, 1.165) is 48.1 Å². The summed E-state index contributed by atoms with van der Waals surface area (Å²) in [6.07, 6.45) is 7.37. The molecule has 0 fully saturated rings. The maximum atomic E-state index is 12.3. The van der Waals surface area contributed by atoms with E-state index in [-0.39, 0.29) is 0 Å². The highest BCUT2D eigenvalue weighted by atomic mass is 32.1. The van der Waals surface area contributed by atoms with Crippen molar-refractivity contribution >= 4 is 40.2 Å². The van der Waals surface area contributed by atoms with Gasteiger partial charge in [-0.05, 0) is 68.4 Å². The zero-order valence-electron chi connectivity index (χ0n) is 19.5. The lowest BCUT2D eigenvalue weighted by Gasteiger charge is -2.12. The normalized spacial score (nSPS) is 12.8. The van der Waals surface area contributed by atoms with Gasteiger partial charge in [0.2, 0.25) is 0 Å². The van der Waals surface area contributed by atoms with Gasteiger partial charge in [-0.25, -0.2) is 4.79 Å². The number of hydrogen-bond acceptors (Lipinski definition) is 7. The Hall–Kier alpha value is -3.33. The van der Waals surface area contributed by atoms with Gasteiger partial charge >= 0.3 is 5.97 Å². The number of carbonyl (C=O) groups is 3. The van der Waals surface area contributed by atoms with Gasteiger partial charge in [-0.1, -0.05) is 13.0 Å². The third-order valence-electron chi connectivity index (χ3n) is 5.16. The predicted octanol–water partition coefficient (Wildman–Crippen LogP) is 4.11. The monoisotopic (exact) mass is 486 g/mol. The van der Waals surface area contributed by atoms with Crippen LogP contribution >= 0.6 is 11.3 Å². The summed E-state index contributed by atoms with van der Waals surface area (Å²) < 4.78 is 16.3. The van der Waals surface area contributed by atoms with E-state index in [1.807, 2.05) is 13.8 Å². The highest BCUT2D eigenvalue weighted by molar-refractivity contribution is 7.17. The zero-order valence-corrected chi connectivity index (χ0v) is 20.3. The standard InChI is InChI=1S/C25H30N2O6S/c1-3-13-32-18-11-9-16(14-19(18)31-4-2)10-12-22(29)33-15-21(28)27-25-23(24(26)30)17-7-5-6-8-20(17)34-25/h9-12,14H,3-8,13,15H2,1-2H3,(H2,26,30)(H,27,28)/b12-10+. The van der Waals surface area contributed by atoms with Gasteiger partial charge in [0, 0.05) is 11.0 Å².